The molecular weight excluding hydrogens is 391 g/mol. The van der Waals surface area contributed by atoms with Crippen LogP contribution in [0, 0.1) is 5.92 Å². The average molecular weight is 405 g/mol. The predicted molar refractivity (Wildman–Crippen MR) is 97.9 cm³/mol. The van der Waals surface area contributed by atoms with Gasteiger partial charge in [-0.25, -0.2) is 8.42 Å². The third-order valence-electron chi connectivity index (χ3n) is 4.39. The molecule has 2 saturated heterocycles. The highest BCUT2D eigenvalue weighted by Crippen LogP contribution is 2.45. The molecule has 128 valence electrons. The monoisotopic (exact) mass is 404 g/mol. The summed E-state index contributed by atoms with van der Waals surface area (Å²) in [6, 6.07) is 4.93. The number of hydrogen-bond acceptors (Lipinski definition) is 4. The molecule has 2 heterocycles. The van der Waals surface area contributed by atoms with Gasteiger partial charge in [0.25, 0.3) is 5.91 Å². The van der Waals surface area contributed by atoms with Gasteiger partial charge in [-0.05, 0) is 25.0 Å². The van der Waals surface area contributed by atoms with Gasteiger partial charge in [0.05, 0.1) is 33.3 Å². The topological polar surface area (TPSA) is 66.8 Å². The van der Waals surface area contributed by atoms with Crippen molar-refractivity contribution in [1.82, 2.24) is 0 Å². The van der Waals surface area contributed by atoms with Crippen LogP contribution in [0.2, 0.25) is 10.0 Å². The van der Waals surface area contributed by atoms with Gasteiger partial charge in [0.1, 0.15) is 0 Å². The number of aliphatic imine (C=N–C) groups is 1. The first kappa shape index (κ1) is 16.7. The lowest BCUT2D eigenvalue weighted by molar-refractivity contribution is -0.118. The van der Waals surface area contributed by atoms with Crippen LogP contribution in [0.5, 0.6) is 0 Å². The van der Waals surface area contributed by atoms with E-state index >= 15 is 0 Å². The van der Waals surface area contributed by atoms with Gasteiger partial charge in [0.2, 0.25) is 0 Å². The van der Waals surface area contributed by atoms with Crippen LogP contribution in [0.25, 0.3) is 0 Å². The smallest absolute Gasteiger partial charge is 0.251 e. The van der Waals surface area contributed by atoms with Gasteiger partial charge in [0.15, 0.2) is 15.0 Å². The molecule has 1 aromatic rings. The summed E-state index contributed by atoms with van der Waals surface area (Å²) in [5.41, 5.74) is 0.601. The average Bonchev–Trinajstić information content (AvgIpc) is 3.24. The lowest BCUT2D eigenvalue weighted by atomic mass is 10.2. The van der Waals surface area contributed by atoms with Crippen molar-refractivity contribution in [3.8, 4) is 0 Å². The minimum Gasteiger partial charge on any atom is -0.314 e. The van der Waals surface area contributed by atoms with Gasteiger partial charge < -0.3 is 4.90 Å². The fourth-order valence-electron chi connectivity index (χ4n) is 3.04. The van der Waals surface area contributed by atoms with E-state index in [1.54, 1.807) is 23.1 Å². The molecule has 0 bridgehead atoms. The third kappa shape index (κ3) is 2.96. The van der Waals surface area contributed by atoms with Crippen molar-refractivity contribution in [3.63, 3.8) is 0 Å². The van der Waals surface area contributed by atoms with Crippen LogP contribution in [0.15, 0.2) is 23.2 Å². The number of amides is 1. The van der Waals surface area contributed by atoms with Crippen molar-refractivity contribution in [2.45, 2.75) is 24.1 Å². The zero-order chi connectivity index (χ0) is 17.1. The SMILES string of the molecule is O=C(N=C1S[C@@H]2CS(=O)(=O)C[C@H]2N1c1cccc(Cl)c1Cl)C1CC1. The molecule has 5 nitrogen and oxygen atoms in total. The molecule has 1 saturated carbocycles. The predicted octanol–water partition coefficient (Wildman–Crippen LogP) is 3.00. The van der Waals surface area contributed by atoms with E-state index < -0.39 is 9.84 Å². The quantitative estimate of drug-likeness (QED) is 0.757. The van der Waals surface area contributed by atoms with Crippen LogP contribution in [0.1, 0.15) is 12.8 Å². The number of sulfone groups is 1. The Hall–Kier alpha value is -0.760. The Balaban J connectivity index is 1.77. The van der Waals surface area contributed by atoms with Crippen molar-refractivity contribution in [1.29, 1.82) is 0 Å². The molecule has 2 aliphatic heterocycles. The third-order valence-corrected chi connectivity index (χ3v) is 8.41. The Morgan fingerprint density at radius 3 is 2.71 bits per heavy atom. The number of thioether (sulfide) groups is 1. The van der Waals surface area contributed by atoms with Gasteiger partial charge in [0, 0.05) is 11.2 Å². The second kappa shape index (κ2) is 5.90. The van der Waals surface area contributed by atoms with Gasteiger partial charge in [-0.15, -0.1) is 0 Å². The van der Waals surface area contributed by atoms with E-state index in [0.29, 0.717) is 20.9 Å². The van der Waals surface area contributed by atoms with E-state index in [-0.39, 0.29) is 34.6 Å². The highest BCUT2D eigenvalue weighted by atomic mass is 35.5. The Kier molecular flexibility index (Phi) is 4.10. The number of amidine groups is 1. The number of hydrogen-bond donors (Lipinski definition) is 0. The Morgan fingerprint density at radius 2 is 2.00 bits per heavy atom. The van der Waals surface area contributed by atoms with Crippen LogP contribution >= 0.6 is 35.0 Å². The van der Waals surface area contributed by atoms with E-state index in [9.17, 15) is 13.2 Å². The number of rotatable bonds is 2. The molecule has 0 spiro atoms. The summed E-state index contributed by atoms with van der Waals surface area (Å²) in [7, 11) is -3.10. The number of benzene rings is 1. The summed E-state index contributed by atoms with van der Waals surface area (Å²) in [6.45, 7) is 0. The molecule has 9 heteroatoms. The molecule has 2 atom stereocenters. The Morgan fingerprint density at radius 1 is 1.25 bits per heavy atom. The van der Waals surface area contributed by atoms with Crippen molar-refractivity contribution in [2.24, 2.45) is 10.9 Å². The maximum Gasteiger partial charge on any atom is 0.251 e. The van der Waals surface area contributed by atoms with Crippen molar-refractivity contribution < 1.29 is 13.2 Å². The van der Waals surface area contributed by atoms with E-state index in [1.165, 1.54) is 11.8 Å². The fourth-order valence-corrected chi connectivity index (χ4v) is 7.34. The Labute approximate surface area is 154 Å². The van der Waals surface area contributed by atoms with Crippen LogP contribution in [-0.4, -0.2) is 42.3 Å². The molecule has 1 aromatic carbocycles. The van der Waals surface area contributed by atoms with Crippen molar-refractivity contribution >= 4 is 61.6 Å². The number of carbonyl (C=O) groups is 1. The molecule has 1 aliphatic carbocycles. The largest absolute Gasteiger partial charge is 0.314 e. The van der Waals surface area contributed by atoms with Gasteiger partial charge >= 0.3 is 0 Å². The Bertz CT molecular complexity index is 852. The fraction of sp³-hybridized carbons (Fsp3) is 0.467. The van der Waals surface area contributed by atoms with Crippen LogP contribution < -0.4 is 4.90 Å². The first-order valence-corrected chi connectivity index (χ1v) is 11.0. The second-order valence-corrected chi connectivity index (χ2v) is 10.4. The number of nitrogens with zero attached hydrogens (tertiary/aromatic N) is 2. The van der Waals surface area contributed by atoms with E-state index in [0.717, 1.165) is 12.8 Å². The van der Waals surface area contributed by atoms with Gasteiger partial charge in [-0.2, -0.15) is 4.99 Å². The summed E-state index contributed by atoms with van der Waals surface area (Å²) in [5.74, 6) is 0.0000795. The highest BCUT2D eigenvalue weighted by Gasteiger charge is 2.50. The summed E-state index contributed by atoms with van der Waals surface area (Å²) in [5, 5.41) is 1.12. The molecule has 3 fully saturated rings. The van der Waals surface area contributed by atoms with Crippen molar-refractivity contribution in [3.05, 3.63) is 28.2 Å². The molecule has 4 rings (SSSR count). The maximum absolute atomic E-state index is 12.1. The molecule has 24 heavy (non-hydrogen) atoms. The maximum atomic E-state index is 12.1. The summed E-state index contributed by atoms with van der Waals surface area (Å²) in [6.07, 6.45) is 1.75. The standard InChI is InChI=1S/C15H14Cl2N2O3S2/c16-9-2-1-3-10(13(9)17)19-11-6-24(21,22)7-12(11)23-15(19)18-14(20)8-4-5-8/h1-3,8,11-12H,4-7H2/t11-,12-/m1/s1. The molecule has 1 amide bonds. The number of anilines is 1. The number of halogens is 2. The number of carbonyl (C=O) groups excluding carboxylic acids is 1. The molecule has 0 unspecified atom stereocenters. The highest BCUT2D eigenvalue weighted by molar-refractivity contribution is 8.16. The summed E-state index contributed by atoms with van der Waals surface area (Å²) >= 11 is 13.8. The molecule has 0 radical (unpaired) electrons. The lowest BCUT2D eigenvalue weighted by Gasteiger charge is -2.25. The van der Waals surface area contributed by atoms with Crippen LogP contribution in [0.3, 0.4) is 0 Å². The lowest BCUT2D eigenvalue weighted by Crippen LogP contribution is -2.38. The van der Waals surface area contributed by atoms with E-state index in [2.05, 4.69) is 4.99 Å². The first-order chi connectivity index (χ1) is 11.4. The minimum atomic E-state index is -3.10. The number of fused-ring (bicyclic) bond motifs is 1. The summed E-state index contributed by atoms with van der Waals surface area (Å²) in [4.78, 5) is 18.2. The molecule has 0 N–H and O–H groups in total. The van der Waals surface area contributed by atoms with Crippen LogP contribution in [-0.2, 0) is 14.6 Å². The van der Waals surface area contributed by atoms with Gasteiger partial charge in [-0.3, -0.25) is 4.79 Å². The normalized spacial score (nSPS) is 29.9. The zero-order valence-corrected chi connectivity index (χ0v) is 15.6. The van der Waals surface area contributed by atoms with Gasteiger partial charge in [-0.1, -0.05) is 41.0 Å². The molecular formula is C15H14Cl2N2O3S2. The molecule has 3 aliphatic rings. The van der Waals surface area contributed by atoms with Crippen molar-refractivity contribution in [2.75, 3.05) is 16.4 Å². The van der Waals surface area contributed by atoms with Crippen LogP contribution in [0.4, 0.5) is 5.69 Å². The van der Waals surface area contributed by atoms with E-state index in [1.807, 2.05) is 0 Å². The zero-order valence-electron chi connectivity index (χ0n) is 12.5. The molecule has 0 aromatic heterocycles. The summed E-state index contributed by atoms with van der Waals surface area (Å²) < 4.78 is 24.0. The minimum absolute atomic E-state index is 0.0129. The first-order valence-electron chi connectivity index (χ1n) is 7.58. The second-order valence-electron chi connectivity index (χ2n) is 6.25. The van der Waals surface area contributed by atoms with E-state index in [4.69, 9.17) is 23.2 Å².